The van der Waals surface area contributed by atoms with Crippen LogP contribution in [0.4, 0.5) is 8.78 Å². The van der Waals surface area contributed by atoms with Crippen molar-refractivity contribution in [3.05, 3.63) is 41.3 Å². The van der Waals surface area contributed by atoms with Crippen LogP contribution in [0.3, 0.4) is 0 Å². The van der Waals surface area contributed by atoms with Gasteiger partial charge in [-0.05, 0) is 25.2 Å². The predicted molar refractivity (Wildman–Crippen MR) is 61.9 cm³/mol. The molecule has 1 aromatic carbocycles. The topological polar surface area (TPSA) is 29.3 Å². The minimum Gasteiger partial charge on any atom is -0.440 e. The second kappa shape index (κ2) is 4.17. The van der Waals surface area contributed by atoms with Crippen molar-refractivity contribution >= 4 is 0 Å². The summed E-state index contributed by atoms with van der Waals surface area (Å²) in [5.74, 6) is -0.590. The van der Waals surface area contributed by atoms with Crippen LogP contribution in [0.25, 0.3) is 11.5 Å². The molecule has 0 bridgehead atoms. The number of fused-ring (bicyclic) bond motifs is 1. The lowest BCUT2D eigenvalue weighted by Crippen LogP contribution is -2.25. The van der Waals surface area contributed by atoms with Crippen molar-refractivity contribution in [2.24, 2.45) is 0 Å². The van der Waals surface area contributed by atoms with Crippen LogP contribution in [0.5, 0.6) is 0 Å². The summed E-state index contributed by atoms with van der Waals surface area (Å²) >= 11 is 0. The van der Waals surface area contributed by atoms with Crippen molar-refractivity contribution in [2.45, 2.75) is 13.0 Å². The Morgan fingerprint density at radius 2 is 2.11 bits per heavy atom. The Labute approximate surface area is 103 Å². The number of likely N-dealkylation sites (N-methyl/N-ethyl adjacent to an activating group) is 1. The van der Waals surface area contributed by atoms with Gasteiger partial charge in [0, 0.05) is 18.5 Å². The maximum Gasteiger partial charge on any atom is 0.226 e. The van der Waals surface area contributed by atoms with E-state index in [1.807, 2.05) is 7.05 Å². The summed E-state index contributed by atoms with van der Waals surface area (Å²) in [6.07, 6.45) is 0.818. The summed E-state index contributed by atoms with van der Waals surface area (Å²) in [7, 11) is 2.00. The first-order valence-corrected chi connectivity index (χ1v) is 5.76. The van der Waals surface area contributed by atoms with E-state index in [0.717, 1.165) is 36.6 Å². The number of oxazole rings is 1. The zero-order valence-corrected chi connectivity index (χ0v) is 9.91. The molecule has 0 unspecified atom stereocenters. The molecule has 5 heteroatoms. The Morgan fingerprint density at radius 1 is 1.28 bits per heavy atom. The molecule has 0 saturated heterocycles. The Bertz CT molecular complexity index is 595. The van der Waals surface area contributed by atoms with E-state index in [1.54, 1.807) is 0 Å². The first-order valence-electron chi connectivity index (χ1n) is 5.76. The molecule has 1 aliphatic heterocycles. The first-order chi connectivity index (χ1) is 8.63. The number of aromatic nitrogens is 1. The van der Waals surface area contributed by atoms with Gasteiger partial charge in [0.2, 0.25) is 5.89 Å². The lowest BCUT2D eigenvalue weighted by atomic mass is 10.2. The second-order valence-electron chi connectivity index (χ2n) is 4.51. The number of rotatable bonds is 1. The van der Waals surface area contributed by atoms with Crippen LogP contribution in [0.2, 0.25) is 0 Å². The molecule has 94 valence electrons. The van der Waals surface area contributed by atoms with E-state index in [2.05, 4.69) is 9.88 Å². The fraction of sp³-hybridized carbons (Fsp3) is 0.308. The van der Waals surface area contributed by atoms with Gasteiger partial charge in [0.1, 0.15) is 5.76 Å². The molecule has 1 aliphatic rings. The molecular weight excluding hydrogens is 238 g/mol. The van der Waals surface area contributed by atoms with Gasteiger partial charge in [-0.25, -0.2) is 13.8 Å². The summed E-state index contributed by atoms with van der Waals surface area (Å²) in [4.78, 5) is 6.47. The van der Waals surface area contributed by atoms with E-state index < -0.39 is 11.6 Å². The predicted octanol–water partition coefficient (Wildman–Crippen LogP) is 2.61. The summed E-state index contributed by atoms with van der Waals surface area (Å²) in [6.45, 7) is 1.63. The highest BCUT2D eigenvalue weighted by Gasteiger charge is 2.21. The Hall–Kier alpha value is -1.75. The molecule has 1 aromatic heterocycles. The Morgan fingerprint density at radius 3 is 2.89 bits per heavy atom. The van der Waals surface area contributed by atoms with Gasteiger partial charge in [0.25, 0.3) is 0 Å². The maximum absolute atomic E-state index is 13.2. The van der Waals surface area contributed by atoms with E-state index in [9.17, 15) is 8.78 Å². The Kier molecular flexibility index (Phi) is 2.63. The molecule has 0 N–H and O–H groups in total. The maximum atomic E-state index is 13.2. The van der Waals surface area contributed by atoms with Crippen molar-refractivity contribution in [2.75, 3.05) is 13.6 Å². The van der Waals surface area contributed by atoms with Crippen LogP contribution in [0.1, 0.15) is 11.5 Å². The molecule has 0 radical (unpaired) electrons. The third-order valence-corrected chi connectivity index (χ3v) is 3.09. The molecule has 0 spiro atoms. The quantitative estimate of drug-likeness (QED) is 0.779. The first kappa shape index (κ1) is 11.3. The molecule has 0 fully saturated rings. The Balaban J connectivity index is 2.00. The number of benzene rings is 1. The van der Waals surface area contributed by atoms with Gasteiger partial charge in [-0.15, -0.1) is 0 Å². The van der Waals surface area contributed by atoms with Gasteiger partial charge in [-0.2, -0.15) is 0 Å². The minimum absolute atomic E-state index is 0.356. The summed E-state index contributed by atoms with van der Waals surface area (Å²) in [5, 5.41) is 0. The zero-order chi connectivity index (χ0) is 12.7. The van der Waals surface area contributed by atoms with Crippen molar-refractivity contribution in [3.8, 4) is 11.5 Å². The molecular formula is C13H12F2N2O. The van der Waals surface area contributed by atoms with Gasteiger partial charge in [0.15, 0.2) is 11.6 Å². The molecule has 0 aliphatic carbocycles. The van der Waals surface area contributed by atoms with Gasteiger partial charge in [-0.3, -0.25) is 4.90 Å². The largest absolute Gasteiger partial charge is 0.440 e. The van der Waals surface area contributed by atoms with E-state index in [-0.39, 0.29) is 0 Å². The summed E-state index contributed by atoms with van der Waals surface area (Å²) < 4.78 is 31.6. The van der Waals surface area contributed by atoms with E-state index in [1.165, 1.54) is 6.07 Å². The summed E-state index contributed by atoms with van der Waals surface area (Å²) in [5.41, 5.74) is 1.37. The number of hydrogen-bond acceptors (Lipinski definition) is 3. The third-order valence-electron chi connectivity index (χ3n) is 3.09. The standard InChI is InChI=1S/C13H12F2N2O/c1-17-5-4-11-12(7-17)18-13(16-11)8-2-3-9(14)10(15)6-8/h2-3,6H,4-5,7H2,1H3. The van der Waals surface area contributed by atoms with Crippen molar-refractivity contribution in [1.82, 2.24) is 9.88 Å². The van der Waals surface area contributed by atoms with Crippen LogP contribution >= 0.6 is 0 Å². The fourth-order valence-electron chi connectivity index (χ4n) is 2.08. The van der Waals surface area contributed by atoms with Gasteiger partial charge in [-0.1, -0.05) is 0 Å². The number of hydrogen-bond donors (Lipinski definition) is 0. The van der Waals surface area contributed by atoms with Crippen LogP contribution in [0.15, 0.2) is 22.6 Å². The normalized spacial score (nSPS) is 15.7. The minimum atomic E-state index is -0.888. The summed E-state index contributed by atoms with van der Waals surface area (Å²) in [6, 6.07) is 3.66. The number of halogens is 2. The monoisotopic (exact) mass is 250 g/mol. The van der Waals surface area contributed by atoms with Gasteiger partial charge >= 0.3 is 0 Å². The zero-order valence-electron chi connectivity index (χ0n) is 9.91. The molecule has 18 heavy (non-hydrogen) atoms. The molecule has 2 heterocycles. The number of nitrogens with zero attached hydrogens (tertiary/aromatic N) is 2. The molecule has 3 nitrogen and oxygen atoms in total. The third kappa shape index (κ3) is 1.90. The smallest absolute Gasteiger partial charge is 0.226 e. The van der Waals surface area contributed by atoms with Gasteiger partial charge in [0.05, 0.1) is 12.2 Å². The van der Waals surface area contributed by atoms with E-state index in [4.69, 9.17) is 4.42 Å². The van der Waals surface area contributed by atoms with Crippen LogP contribution in [-0.2, 0) is 13.0 Å². The van der Waals surface area contributed by atoms with Crippen LogP contribution in [-0.4, -0.2) is 23.5 Å². The highest BCUT2D eigenvalue weighted by Crippen LogP contribution is 2.26. The highest BCUT2D eigenvalue weighted by atomic mass is 19.2. The molecule has 2 aromatic rings. The molecule has 0 amide bonds. The van der Waals surface area contributed by atoms with Crippen LogP contribution in [0, 0.1) is 11.6 Å². The van der Waals surface area contributed by atoms with Crippen molar-refractivity contribution in [3.63, 3.8) is 0 Å². The van der Waals surface area contributed by atoms with Crippen molar-refractivity contribution < 1.29 is 13.2 Å². The molecule has 0 saturated carbocycles. The van der Waals surface area contributed by atoms with E-state index >= 15 is 0 Å². The lowest BCUT2D eigenvalue weighted by Gasteiger charge is -2.19. The average Bonchev–Trinajstić information content (AvgIpc) is 2.75. The van der Waals surface area contributed by atoms with Crippen LogP contribution < -0.4 is 0 Å². The van der Waals surface area contributed by atoms with E-state index in [0.29, 0.717) is 18.0 Å². The highest BCUT2D eigenvalue weighted by molar-refractivity contribution is 5.53. The SMILES string of the molecule is CN1CCc2nc(-c3ccc(F)c(F)c3)oc2C1. The lowest BCUT2D eigenvalue weighted by molar-refractivity contribution is 0.278. The molecule has 0 atom stereocenters. The van der Waals surface area contributed by atoms with Gasteiger partial charge < -0.3 is 4.42 Å². The molecule has 3 rings (SSSR count). The average molecular weight is 250 g/mol. The van der Waals surface area contributed by atoms with Crippen molar-refractivity contribution in [1.29, 1.82) is 0 Å². The fourth-order valence-corrected chi connectivity index (χ4v) is 2.08. The second-order valence-corrected chi connectivity index (χ2v) is 4.51.